The highest BCUT2D eigenvalue weighted by Gasteiger charge is 2.49. The molecule has 2 bridgehead atoms. The number of non-ortho nitro benzene ring substituents is 1. The molecule has 10 nitrogen and oxygen atoms in total. The van der Waals surface area contributed by atoms with Gasteiger partial charge in [-0.2, -0.15) is 0 Å². The van der Waals surface area contributed by atoms with Gasteiger partial charge in [-0.05, 0) is 36.6 Å². The lowest BCUT2D eigenvalue weighted by molar-refractivity contribution is -0.384. The first-order valence-electron chi connectivity index (χ1n) is 12.4. The first-order chi connectivity index (χ1) is 17.8. The van der Waals surface area contributed by atoms with Crippen molar-refractivity contribution in [3.05, 3.63) is 69.0 Å². The van der Waals surface area contributed by atoms with Gasteiger partial charge >= 0.3 is 0 Å². The third-order valence-electron chi connectivity index (χ3n) is 8.09. The number of likely N-dealkylation sites (tertiary alicyclic amines) is 1. The Kier molecular flexibility index (Phi) is 5.88. The second kappa shape index (κ2) is 9.11. The summed E-state index contributed by atoms with van der Waals surface area (Å²) in [7, 11) is 0. The molecule has 3 aliphatic rings. The highest BCUT2D eigenvalue weighted by Crippen LogP contribution is 2.45. The fraction of sp³-hybridized carbons (Fsp3) is 0.423. The Labute approximate surface area is 217 Å². The van der Waals surface area contributed by atoms with E-state index in [1.807, 2.05) is 24.3 Å². The molecule has 1 saturated carbocycles. The van der Waals surface area contributed by atoms with E-state index in [1.54, 1.807) is 4.90 Å². The molecule has 2 amide bonds. The quantitative estimate of drug-likeness (QED) is 0.389. The largest absolute Gasteiger partial charge is 0.381 e. The number of imidazole rings is 1. The van der Waals surface area contributed by atoms with Gasteiger partial charge in [0.05, 0.1) is 34.6 Å². The molecule has 11 heteroatoms. The monoisotopic (exact) mass is 523 g/mol. The fourth-order valence-corrected chi connectivity index (χ4v) is 6.06. The van der Waals surface area contributed by atoms with E-state index in [4.69, 9.17) is 16.3 Å². The zero-order valence-corrected chi connectivity index (χ0v) is 20.7. The maximum atomic E-state index is 13.6. The summed E-state index contributed by atoms with van der Waals surface area (Å²) in [5, 5.41) is 15.1. The maximum Gasteiger partial charge on any atom is 0.289 e. The second-order valence-electron chi connectivity index (χ2n) is 10.3. The molecule has 0 radical (unpaired) electrons. The maximum absolute atomic E-state index is 13.6. The molecule has 2 saturated heterocycles. The van der Waals surface area contributed by atoms with E-state index >= 15 is 0 Å². The second-order valence-corrected chi connectivity index (χ2v) is 10.7. The zero-order valence-electron chi connectivity index (χ0n) is 20.0. The lowest BCUT2D eigenvalue weighted by atomic mass is 9.63. The number of H-pyrrole nitrogens is 1. The van der Waals surface area contributed by atoms with Crippen LogP contribution in [0.4, 0.5) is 5.69 Å². The predicted molar refractivity (Wildman–Crippen MR) is 135 cm³/mol. The van der Waals surface area contributed by atoms with Gasteiger partial charge in [-0.1, -0.05) is 30.2 Å². The Hall–Kier alpha value is -3.50. The van der Waals surface area contributed by atoms with Crippen LogP contribution < -0.4 is 5.32 Å². The lowest BCUT2D eigenvalue weighted by Gasteiger charge is -2.49. The topological polar surface area (TPSA) is 130 Å². The third-order valence-corrected chi connectivity index (χ3v) is 8.34. The minimum Gasteiger partial charge on any atom is -0.381 e. The minimum atomic E-state index is -0.538. The Morgan fingerprint density at radius 1 is 1.14 bits per heavy atom. The number of carbonyl (C=O) groups is 2. The SMILES string of the molecule is O=C(c1nc2ccc([N+](=O)[O-])cc2[nH]1)N1CC2COC[C@H](C1)C2NC(=O)C1(c2ccc(Cl)cc2)CCC1. The number of hydrogen-bond donors (Lipinski definition) is 2. The molecule has 1 aromatic heterocycles. The van der Waals surface area contributed by atoms with Crippen LogP contribution in [0.3, 0.4) is 0 Å². The first-order valence-corrected chi connectivity index (χ1v) is 12.8. The summed E-state index contributed by atoms with van der Waals surface area (Å²) in [5.41, 5.74) is 1.31. The predicted octanol–water partition coefficient (Wildman–Crippen LogP) is 3.45. The van der Waals surface area contributed by atoms with Crippen molar-refractivity contribution in [2.75, 3.05) is 26.3 Å². The number of ether oxygens (including phenoxy) is 1. The van der Waals surface area contributed by atoms with Gasteiger partial charge in [0, 0.05) is 48.1 Å². The van der Waals surface area contributed by atoms with Crippen LogP contribution in [0.1, 0.15) is 35.4 Å². The summed E-state index contributed by atoms with van der Waals surface area (Å²) >= 11 is 6.07. The van der Waals surface area contributed by atoms with E-state index in [2.05, 4.69) is 15.3 Å². The van der Waals surface area contributed by atoms with Crippen LogP contribution in [-0.2, 0) is 14.9 Å². The van der Waals surface area contributed by atoms with Crippen molar-refractivity contribution >= 4 is 40.1 Å². The number of halogens is 1. The normalized spacial score (nSPS) is 24.4. The van der Waals surface area contributed by atoms with Crippen molar-refractivity contribution in [3.8, 4) is 0 Å². The number of piperidine rings is 1. The third kappa shape index (κ3) is 4.14. The summed E-state index contributed by atoms with van der Waals surface area (Å²) in [6, 6.07) is 11.7. The average molecular weight is 524 g/mol. The molecule has 0 spiro atoms. The summed E-state index contributed by atoms with van der Waals surface area (Å²) in [6.45, 7) is 1.74. The number of benzene rings is 2. The Balaban J connectivity index is 1.18. The highest BCUT2D eigenvalue weighted by molar-refractivity contribution is 6.30. The number of nitrogens with zero attached hydrogens (tertiary/aromatic N) is 3. The standard InChI is InChI=1S/C26H26ClN5O5/c27-18-4-2-17(3-5-18)26(8-1-9-26)25(34)30-22-15-11-31(12-16(22)14-37-13-15)24(33)23-28-20-7-6-19(32(35)36)10-21(20)29-23/h2-7,10,15-16,22H,1,8-9,11-14H2,(H,28,29)(H,30,34)/t15-,16?,22?/m0/s1. The number of nitro groups is 1. The Morgan fingerprint density at radius 3 is 2.46 bits per heavy atom. The highest BCUT2D eigenvalue weighted by atomic mass is 35.5. The molecular weight excluding hydrogens is 498 g/mol. The van der Waals surface area contributed by atoms with Crippen molar-refractivity contribution in [2.45, 2.75) is 30.7 Å². The van der Waals surface area contributed by atoms with Crippen LogP contribution in [-0.4, -0.2) is 64.0 Å². The number of nitrogens with one attached hydrogen (secondary N) is 2. The zero-order chi connectivity index (χ0) is 25.7. The van der Waals surface area contributed by atoms with Crippen LogP contribution in [0.25, 0.3) is 11.0 Å². The molecule has 3 heterocycles. The number of nitro benzene ring substituents is 1. The summed E-state index contributed by atoms with van der Waals surface area (Å²) < 4.78 is 5.80. The van der Waals surface area contributed by atoms with Crippen LogP contribution in [0.5, 0.6) is 0 Å². The molecule has 2 N–H and O–H groups in total. The van der Waals surface area contributed by atoms with Crippen LogP contribution >= 0.6 is 11.6 Å². The van der Waals surface area contributed by atoms with Crippen LogP contribution in [0.2, 0.25) is 5.02 Å². The van der Waals surface area contributed by atoms with Crippen molar-refractivity contribution in [1.82, 2.24) is 20.2 Å². The molecular formula is C26H26ClN5O5. The van der Waals surface area contributed by atoms with Gasteiger partial charge in [0.2, 0.25) is 5.91 Å². The molecule has 2 unspecified atom stereocenters. The van der Waals surface area contributed by atoms with E-state index in [0.29, 0.717) is 42.4 Å². The van der Waals surface area contributed by atoms with E-state index in [1.165, 1.54) is 18.2 Å². The average Bonchev–Trinajstić information content (AvgIpc) is 3.27. The molecule has 2 aliphatic heterocycles. The molecule has 3 fully saturated rings. The molecule has 2 aromatic carbocycles. The number of hydrogen-bond acceptors (Lipinski definition) is 6. The van der Waals surface area contributed by atoms with E-state index < -0.39 is 10.3 Å². The van der Waals surface area contributed by atoms with Crippen molar-refractivity contribution in [1.29, 1.82) is 0 Å². The number of rotatable bonds is 5. The van der Waals surface area contributed by atoms with Gasteiger partial charge in [0.25, 0.3) is 11.6 Å². The molecule has 192 valence electrons. The van der Waals surface area contributed by atoms with E-state index in [0.717, 1.165) is 24.8 Å². The lowest BCUT2D eigenvalue weighted by Crippen LogP contribution is -2.64. The van der Waals surface area contributed by atoms with Gasteiger partial charge in [-0.15, -0.1) is 0 Å². The van der Waals surface area contributed by atoms with Crippen LogP contribution in [0.15, 0.2) is 42.5 Å². The minimum absolute atomic E-state index is 0.0293. The van der Waals surface area contributed by atoms with Crippen molar-refractivity contribution < 1.29 is 19.2 Å². The number of fused-ring (bicyclic) bond motifs is 3. The Bertz CT molecular complexity index is 1370. The number of aromatic amines is 1. The molecule has 6 rings (SSSR count). The summed E-state index contributed by atoms with van der Waals surface area (Å²) in [6.07, 6.45) is 2.60. The smallest absolute Gasteiger partial charge is 0.289 e. The Morgan fingerprint density at radius 2 is 1.84 bits per heavy atom. The van der Waals surface area contributed by atoms with Gasteiger partial charge in [0.1, 0.15) is 0 Å². The number of aromatic nitrogens is 2. The number of amides is 2. The molecule has 1 aliphatic carbocycles. The van der Waals surface area contributed by atoms with Crippen molar-refractivity contribution in [3.63, 3.8) is 0 Å². The number of carbonyl (C=O) groups excluding carboxylic acids is 2. The van der Waals surface area contributed by atoms with E-state index in [-0.39, 0.29) is 41.2 Å². The van der Waals surface area contributed by atoms with Gasteiger partial charge in [-0.3, -0.25) is 19.7 Å². The fourth-order valence-electron chi connectivity index (χ4n) is 5.94. The van der Waals surface area contributed by atoms with Crippen LogP contribution in [0, 0.1) is 22.0 Å². The van der Waals surface area contributed by atoms with Gasteiger partial charge in [0.15, 0.2) is 5.82 Å². The van der Waals surface area contributed by atoms with Gasteiger partial charge in [-0.25, -0.2) is 4.98 Å². The van der Waals surface area contributed by atoms with E-state index in [9.17, 15) is 19.7 Å². The molecule has 37 heavy (non-hydrogen) atoms. The first kappa shape index (κ1) is 23.9. The van der Waals surface area contributed by atoms with Crippen molar-refractivity contribution in [2.24, 2.45) is 11.8 Å². The van der Waals surface area contributed by atoms with Gasteiger partial charge < -0.3 is 19.9 Å². The summed E-state index contributed by atoms with van der Waals surface area (Å²) in [5.74, 6) is -0.187. The summed E-state index contributed by atoms with van der Waals surface area (Å²) in [4.78, 5) is 46.6. The molecule has 3 aromatic rings. The molecule has 3 atom stereocenters.